The number of carbonyl (C=O) groups is 1. The molecule has 3 rings (SSSR count). The summed E-state index contributed by atoms with van der Waals surface area (Å²) in [6, 6.07) is 4.38. The van der Waals surface area contributed by atoms with E-state index in [-0.39, 0.29) is 40.9 Å². The van der Waals surface area contributed by atoms with Crippen LogP contribution in [0.5, 0.6) is 0 Å². The van der Waals surface area contributed by atoms with Crippen LogP contribution in [0.2, 0.25) is 10.0 Å². The van der Waals surface area contributed by atoms with E-state index in [0.29, 0.717) is 30.3 Å². The molecule has 0 aromatic heterocycles. The highest BCUT2D eigenvalue weighted by molar-refractivity contribution is 7.89. The molecule has 1 aromatic rings. The Morgan fingerprint density at radius 2 is 1.89 bits per heavy atom. The van der Waals surface area contributed by atoms with Gasteiger partial charge in [0.1, 0.15) is 4.90 Å². The summed E-state index contributed by atoms with van der Waals surface area (Å²) >= 11 is 12.0. The summed E-state index contributed by atoms with van der Waals surface area (Å²) in [7, 11) is -3.74. The van der Waals surface area contributed by atoms with E-state index in [0.717, 1.165) is 25.7 Å². The van der Waals surface area contributed by atoms with Crippen molar-refractivity contribution in [2.75, 3.05) is 19.6 Å². The van der Waals surface area contributed by atoms with Crippen molar-refractivity contribution in [1.82, 2.24) is 9.62 Å². The van der Waals surface area contributed by atoms with Gasteiger partial charge in [-0.2, -0.15) is 4.31 Å². The molecule has 2 N–H and O–H groups in total. The molecule has 1 saturated heterocycles. The summed E-state index contributed by atoms with van der Waals surface area (Å²) < 4.78 is 27.1. The largest absolute Gasteiger partial charge is 0.393 e. The van der Waals surface area contributed by atoms with Crippen LogP contribution in [0, 0.1) is 11.8 Å². The van der Waals surface area contributed by atoms with E-state index in [4.69, 9.17) is 23.2 Å². The minimum atomic E-state index is -3.74. The first-order valence-electron chi connectivity index (χ1n) is 9.68. The molecule has 28 heavy (non-hydrogen) atoms. The summed E-state index contributed by atoms with van der Waals surface area (Å²) in [5.41, 5.74) is 0. The van der Waals surface area contributed by atoms with E-state index >= 15 is 0 Å². The number of nitrogens with one attached hydrogen (secondary N) is 1. The number of hydrogen-bond donors (Lipinski definition) is 2. The number of aliphatic hydroxyl groups excluding tert-OH is 1. The van der Waals surface area contributed by atoms with Crippen molar-refractivity contribution in [3.8, 4) is 0 Å². The van der Waals surface area contributed by atoms with Crippen molar-refractivity contribution in [1.29, 1.82) is 0 Å². The number of rotatable bonds is 5. The van der Waals surface area contributed by atoms with E-state index in [2.05, 4.69) is 5.32 Å². The summed E-state index contributed by atoms with van der Waals surface area (Å²) in [5, 5.41) is 13.2. The Balaban J connectivity index is 1.53. The Bertz CT molecular complexity index is 810. The molecule has 9 heteroatoms. The van der Waals surface area contributed by atoms with E-state index in [9.17, 15) is 18.3 Å². The van der Waals surface area contributed by atoms with Crippen LogP contribution >= 0.6 is 23.2 Å². The SMILES string of the molecule is O=C(NCC1CCCC(O)C1)C1CCN(S(=O)(=O)c2cc(Cl)ccc2Cl)CC1. The number of piperidine rings is 1. The average Bonchev–Trinajstić information content (AvgIpc) is 2.68. The van der Waals surface area contributed by atoms with E-state index in [1.165, 1.54) is 16.4 Å². The van der Waals surface area contributed by atoms with Gasteiger partial charge in [0.15, 0.2) is 0 Å². The summed E-state index contributed by atoms with van der Waals surface area (Å²) in [5.74, 6) is 0.0887. The Labute approximate surface area is 176 Å². The van der Waals surface area contributed by atoms with Gasteiger partial charge >= 0.3 is 0 Å². The van der Waals surface area contributed by atoms with E-state index in [1.54, 1.807) is 6.07 Å². The van der Waals surface area contributed by atoms with Crippen molar-refractivity contribution in [2.45, 2.75) is 49.5 Å². The molecule has 0 bridgehead atoms. The van der Waals surface area contributed by atoms with Gasteiger partial charge in [-0.1, -0.05) is 29.6 Å². The Hall–Kier alpha value is -0.860. The highest BCUT2D eigenvalue weighted by Crippen LogP contribution is 2.30. The number of amides is 1. The van der Waals surface area contributed by atoms with Gasteiger partial charge in [0.05, 0.1) is 11.1 Å². The molecule has 2 aliphatic rings. The molecule has 2 fully saturated rings. The summed E-state index contributed by atoms with van der Waals surface area (Å²) in [6.07, 6.45) is 4.26. The van der Waals surface area contributed by atoms with Crippen LogP contribution < -0.4 is 5.32 Å². The molecular formula is C19H26Cl2N2O4S. The third-order valence-electron chi connectivity index (χ3n) is 5.66. The highest BCUT2D eigenvalue weighted by atomic mass is 35.5. The van der Waals surface area contributed by atoms with Gasteiger partial charge in [0.25, 0.3) is 0 Å². The lowest BCUT2D eigenvalue weighted by molar-refractivity contribution is -0.126. The molecule has 0 spiro atoms. The van der Waals surface area contributed by atoms with Gasteiger partial charge in [-0.05, 0) is 56.2 Å². The maximum absolute atomic E-state index is 12.9. The highest BCUT2D eigenvalue weighted by Gasteiger charge is 2.33. The number of halogens is 2. The number of carbonyl (C=O) groups excluding carboxylic acids is 1. The molecule has 1 amide bonds. The monoisotopic (exact) mass is 448 g/mol. The Kier molecular flexibility index (Phi) is 7.26. The predicted octanol–water partition coefficient (Wildman–Crippen LogP) is 3.06. The van der Waals surface area contributed by atoms with Gasteiger partial charge in [-0.25, -0.2) is 8.42 Å². The smallest absolute Gasteiger partial charge is 0.244 e. The fraction of sp³-hybridized carbons (Fsp3) is 0.632. The lowest BCUT2D eigenvalue weighted by atomic mass is 9.87. The van der Waals surface area contributed by atoms with Crippen LogP contribution in [0.1, 0.15) is 38.5 Å². The molecule has 6 nitrogen and oxygen atoms in total. The standard InChI is InChI=1S/C19H26Cl2N2O4S/c20-15-4-5-17(21)18(11-15)28(26,27)23-8-6-14(7-9-23)19(25)22-12-13-2-1-3-16(24)10-13/h4-5,11,13-14,16,24H,1-3,6-10,12H2,(H,22,25). The molecular weight excluding hydrogens is 423 g/mol. The second-order valence-electron chi connectivity index (χ2n) is 7.68. The van der Waals surface area contributed by atoms with Gasteiger partial charge < -0.3 is 10.4 Å². The van der Waals surface area contributed by atoms with Gasteiger partial charge in [0, 0.05) is 30.6 Å². The van der Waals surface area contributed by atoms with Gasteiger partial charge in [-0.15, -0.1) is 0 Å². The minimum absolute atomic E-state index is 0.000393. The molecule has 0 radical (unpaired) electrons. The average molecular weight is 449 g/mol. The predicted molar refractivity (Wildman–Crippen MR) is 109 cm³/mol. The second kappa shape index (κ2) is 9.30. The summed E-state index contributed by atoms with van der Waals surface area (Å²) in [6.45, 7) is 1.11. The van der Waals surface area contributed by atoms with Crippen LogP contribution in [0.25, 0.3) is 0 Å². The first-order valence-corrected chi connectivity index (χ1v) is 11.9. The van der Waals surface area contributed by atoms with Crippen LogP contribution in [-0.2, 0) is 14.8 Å². The van der Waals surface area contributed by atoms with Crippen molar-refractivity contribution in [3.05, 3.63) is 28.2 Å². The fourth-order valence-electron chi connectivity index (χ4n) is 4.01. The topological polar surface area (TPSA) is 86.7 Å². The number of benzene rings is 1. The van der Waals surface area contributed by atoms with E-state index < -0.39 is 10.0 Å². The lowest BCUT2D eigenvalue weighted by Gasteiger charge is -2.31. The zero-order valence-electron chi connectivity index (χ0n) is 15.6. The Morgan fingerprint density at radius 1 is 1.18 bits per heavy atom. The number of nitrogens with zero attached hydrogens (tertiary/aromatic N) is 1. The van der Waals surface area contributed by atoms with Crippen LogP contribution in [0.15, 0.2) is 23.1 Å². The van der Waals surface area contributed by atoms with Crippen molar-refractivity contribution < 1.29 is 18.3 Å². The van der Waals surface area contributed by atoms with Crippen LogP contribution in [0.3, 0.4) is 0 Å². The molecule has 1 heterocycles. The maximum atomic E-state index is 12.9. The molecule has 1 aliphatic heterocycles. The lowest BCUT2D eigenvalue weighted by Crippen LogP contribution is -2.44. The van der Waals surface area contributed by atoms with Crippen LogP contribution in [0.4, 0.5) is 0 Å². The number of aliphatic hydroxyl groups is 1. The van der Waals surface area contributed by atoms with Crippen molar-refractivity contribution >= 4 is 39.1 Å². The first-order chi connectivity index (χ1) is 13.3. The van der Waals surface area contributed by atoms with Crippen LogP contribution in [-0.4, -0.2) is 49.5 Å². The van der Waals surface area contributed by atoms with Crippen molar-refractivity contribution in [3.63, 3.8) is 0 Å². The molecule has 2 atom stereocenters. The molecule has 2 unspecified atom stereocenters. The minimum Gasteiger partial charge on any atom is -0.393 e. The molecule has 1 saturated carbocycles. The zero-order chi connectivity index (χ0) is 20.3. The normalized spacial score (nSPS) is 24.8. The number of sulfonamides is 1. The summed E-state index contributed by atoms with van der Waals surface area (Å²) in [4.78, 5) is 12.5. The Morgan fingerprint density at radius 3 is 2.57 bits per heavy atom. The van der Waals surface area contributed by atoms with E-state index in [1.807, 2.05) is 0 Å². The third kappa shape index (κ3) is 5.19. The second-order valence-corrected chi connectivity index (χ2v) is 10.4. The number of hydrogen-bond acceptors (Lipinski definition) is 4. The quantitative estimate of drug-likeness (QED) is 0.724. The molecule has 1 aliphatic carbocycles. The molecule has 156 valence electrons. The van der Waals surface area contributed by atoms with Crippen molar-refractivity contribution in [2.24, 2.45) is 11.8 Å². The maximum Gasteiger partial charge on any atom is 0.244 e. The van der Waals surface area contributed by atoms with Gasteiger partial charge in [0.2, 0.25) is 15.9 Å². The first kappa shape index (κ1) is 21.8. The fourth-order valence-corrected chi connectivity index (χ4v) is 6.22. The zero-order valence-corrected chi connectivity index (χ0v) is 17.9. The molecule has 1 aromatic carbocycles. The third-order valence-corrected chi connectivity index (χ3v) is 8.27. The van der Waals surface area contributed by atoms with Gasteiger partial charge in [-0.3, -0.25) is 4.79 Å².